The largest absolute Gasteiger partial charge is 0.341 e. The standard InChI is InChI=1S/C9H11BrN2O2/c1-12(5-3-10)9(14)7-2-4-11-8(13)6-7/h2,4,6H,3,5H2,1H3,(H,11,13). The molecule has 0 atom stereocenters. The summed E-state index contributed by atoms with van der Waals surface area (Å²) >= 11 is 3.24. The highest BCUT2D eigenvalue weighted by Crippen LogP contribution is 1.99. The Hall–Kier alpha value is -1.10. The molecule has 14 heavy (non-hydrogen) atoms. The number of carbonyl (C=O) groups excluding carboxylic acids is 1. The monoisotopic (exact) mass is 258 g/mol. The minimum Gasteiger partial charge on any atom is -0.341 e. The van der Waals surface area contributed by atoms with Crippen LogP contribution in [0.4, 0.5) is 0 Å². The van der Waals surface area contributed by atoms with Crippen molar-refractivity contribution in [3.63, 3.8) is 0 Å². The van der Waals surface area contributed by atoms with E-state index in [1.54, 1.807) is 18.0 Å². The van der Waals surface area contributed by atoms with Crippen LogP contribution in [0, 0.1) is 0 Å². The first-order valence-electron chi connectivity index (χ1n) is 4.15. The zero-order chi connectivity index (χ0) is 10.6. The van der Waals surface area contributed by atoms with E-state index in [1.165, 1.54) is 12.3 Å². The number of H-pyrrole nitrogens is 1. The fraction of sp³-hybridized carbons (Fsp3) is 0.333. The summed E-state index contributed by atoms with van der Waals surface area (Å²) in [5.41, 5.74) is 0.153. The number of nitrogens with one attached hydrogen (secondary N) is 1. The van der Waals surface area contributed by atoms with E-state index in [0.717, 1.165) is 5.33 Å². The first kappa shape index (κ1) is 11.0. The molecule has 0 unspecified atom stereocenters. The number of hydrogen-bond donors (Lipinski definition) is 1. The maximum Gasteiger partial charge on any atom is 0.253 e. The van der Waals surface area contributed by atoms with Crippen LogP contribution < -0.4 is 5.56 Å². The second kappa shape index (κ2) is 4.95. The van der Waals surface area contributed by atoms with E-state index >= 15 is 0 Å². The summed E-state index contributed by atoms with van der Waals surface area (Å²) in [5, 5.41) is 0.721. The van der Waals surface area contributed by atoms with Crippen LogP contribution in [0.5, 0.6) is 0 Å². The van der Waals surface area contributed by atoms with Crippen molar-refractivity contribution in [3.05, 3.63) is 34.2 Å². The van der Waals surface area contributed by atoms with Gasteiger partial charge in [0.2, 0.25) is 5.56 Å². The molecule has 0 aliphatic carbocycles. The Morgan fingerprint density at radius 3 is 2.93 bits per heavy atom. The van der Waals surface area contributed by atoms with Crippen LogP contribution in [0.3, 0.4) is 0 Å². The summed E-state index contributed by atoms with van der Waals surface area (Å²) in [6.45, 7) is 0.617. The number of carbonyl (C=O) groups is 1. The van der Waals surface area contributed by atoms with Crippen LogP contribution in [0.25, 0.3) is 0 Å². The van der Waals surface area contributed by atoms with E-state index in [2.05, 4.69) is 20.9 Å². The molecular formula is C9H11BrN2O2. The zero-order valence-corrected chi connectivity index (χ0v) is 9.37. The average Bonchev–Trinajstić information content (AvgIpc) is 2.17. The quantitative estimate of drug-likeness (QED) is 0.818. The molecule has 0 aliphatic rings. The predicted octanol–water partition coefficient (Wildman–Crippen LogP) is 0.842. The van der Waals surface area contributed by atoms with Crippen LogP contribution in [-0.4, -0.2) is 34.7 Å². The predicted molar refractivity (Wildman–Crippen MR) is 57.8 cm³/mol. The van der Waals surface area contributed by atoms with Crippen molar-refractivity contribution in [2.75, 3.05) is 18.9 Å². The Bertz CT molecular complexity index is 375. The summed E-state index contributed by atoms with van der Waals surface area (Å²) in [4.78, 5) is 26.6. The number of amides is 1. The molecule has 76 valence electrons. The van der Waals surface area contributed by atoms with E-state index in [-0.39, 0.29) is 11.5 Å². The van der Waals surface area contributed by atoms with Crippen molar-refractivity contribution in [1.29, 1.82) is 0 Å². The molecular weight excluding hydrogens is 248 g/mol. The number of pyridine rings is 1. The maximum atomic E-state index is 11.6. The molecule has 0 saturated carbocycles. The molecule has 1 aromatic heterocycles. The molecule has 0 radical (unpaired) electrons. The molecule has 0 spiro atoms. The Morgan fingerprint density at radius 1 is 1.64 bits per heavy atom. The lowest BCUT2D eigenvalue weighted by molar-refractivity contribution is 0.0804. The van der Waals surface area contributed by atoms with E-state index in [0.29, 0.717) is 12.1 Å². The Morgan fingerprint density at radius 2 is 2.36 bits per heavy atom. The van der Waals surface area contributed by atoms with E-state index in [9.17, 15) is 9.59 Å². The van der Waals surface area contributed by atoms with Gasteiger partial charge in [-0.3, -0.25) is 9.59 Å². The minimum absolute atomic E-state index is 0.143. The number of halogens is 1. The lowest BCUT2D eigenvalue weighted by Crippen LogP contribution is -2.29. The van der Waals surface area contributed by atoms with Gasteiger partial charge in [-0.2, -0.15) is 0 Å². The molecule has 4 nitrogen and oxygen atoms in total. The molecule has 1 rings (SSSR count). The van der Waals surface area contributed by atoms with Gasteiger partial charge in [0.1, 0.15) is 0 Å². The van der Waals surface area contributed by atoms with Gasteiger partial charge in [-0.1, -0.05) is 15.9 Å². The van der Waals surface area contributed by atoms with Crippen molar-refractivity contribution < 1.29 is 4.79 Å². The molecule has 0 aromatic carbocycles. The summed E-state index contributed by atoms with van der Waals surface area (Å²) < 4.78 is 0. The highest BCUT2D eigenvalue weighted by molar-refractivity contribution is 9.09. The number of nitrogens with zero attached hydrogens (tertiary/aromatic N) is 1. The smallest absolute Gasteiger partial charge is 0.253 e. The number of hydrogen-bond acceptors (Lipinski definition) is 2. The van der Waals surface area contributed by atoms with Crippen molar-refractivity contribution in [2.24, 2.45) is 0 Å². The zero-order valence-electron chi connectivity index (χ0n) is 7.79. The first-order valence-corrected chi connectivity index (χ1v) is 5.27. The van der Waals surface area contributed by atoms with Gasteiger partial charge in [-0.05, 0) is 6.07 Å². The van der Waals surface area contributed by atoms with Crippen LogP contribution in [-0.2, 0) is 0 Å². The third kappa shape index (κ3) is 2.70. The lowest BCUT2D eigenvalue weighted by Gasteiger charge is -2.14. The van der Waals surface area contributed by atoms with Crippen molar-refractivity contribution >= 4 is 21.8 Å². The molecule has 5 heteroatoms. The van der Waals surface area contributed by atoms with Crippen LogP contribution in [0.2, 0.25) is 0 Å². The number of aromatic nitrogens is 1. The third-order valence-corrected chi connectivity index (χ3v) is 2.14. The highest BCUT2D eigenvalue weighted by atomic mass is 79.9. The van der Waals surface area contributed by atoms with Gasteiger partial charge in [-0.15, -0.1) is 0 Å². The van der Waals surface area contributed by atoms with Gasteiger partial charge < -0.3 is 9.88 Å². The third-order valence-electron chi connectivity index (χ3n) is 1.79. The summed E-state index contributed by atoms with van der Waals surface area (Å²) in [6, 6.07) is 2.89. The molecule has 1 N–H and O–H groups in total. The molecule has 0 fully saturated rings. The van der Waals surface area contributed by atoms with Gasteiger partial charge >= 0.3 is 0 Å². The van der Waals surface area contributed by atoms with Gasteiger partial charge in [0.25, 0.3) is 5.91 Å². The minimum atomic E-state index is -0.261. The molecule has 0 saturated heterocycles. The molecule has 0 bridgehead atoms. The van der Waals surface area contributed by atoms with E-state index in [1.807, 2.05) is 0 Å². The molecule has 0 aliphatic heterocycles. The SMILES string of the molecule is CN(CCBr)C(=O)c1cc[nH]c(=O)c1. The normalized spacial score (nSPS) is 9.86. The average molecular weight is 259 g/mol. The summed E-state index contributed by atoms with van der Waals surface area (Å²) in [5.74, 6) is -0.143. The fourth-order valence-corrected chi connectivity index (χ4v) is 1.56. The van der Waals surface area contributed by atoms with Crippen LogP contribution in [0.1, 0.15) is 10.4 Å². The van der Waals surface area contributed by atoms with Crippen molar-refractivity contribution in [2.45, 2.75) is 0 Å². The molecule has 1 heterocycles. The van der Waals surface area contributed by atoms with Crippen molar-refractivity contribution in [3.8, 4) is 0 Å². The van der Waals surface area contributed by atoms with Crippen molar-refractivity contribution in [1.82, 2.24) is 9.88 Å². The topological polar surface area (TPSA) is 53.2 Å². The number of rotatable bonds is 3. The van der Waals surface area contributed by atoms with Crippen LogP contribution >= 0.6 is 15.9 Å². The Kier molecular flexibility index (Phi) is 3.88. The maximum absolute atomic E-state index is 11.6. The van der Waals surface area contributed by atoms with Gasteiger partial charge in [0.15, 0.2) is 0 Å². The number of aromatic amines is 1. The van der Waals surface area contributed by atoms with E-state index in [4.69, 9.17) is 0 Å². The van der Waals surface area contributed by atoms with Gasteiger partial charge in [0, 0.05) is 36.7 Å². The Balaban J connectivity index is 2.84. The molecule has 1 amide bonds. The highest BCUT2D eigenvalue weighted by Gasteiger charge is 2.10. The van der Waals surface area contributed by atoms with Gasteiger partial charge in [0.05, 0.1) is 0 Å². The fourth-order valence-electron chi connectivity index (χ4n) is 1.03. The Labute approximate surface area is 90.1 Å². The lowest BCUT2D eigenvalue weighted by atomic mass is 10.2. The van der Waals surface area contributed by atoms with Crippen LogP contribution in [0.15, 0.2) is 23.1 Å². The molecule has 1 aromatic rings. The summed E-state index contributed by atoms with van der Waals surface area (Å²) in [6.07, 6.45) is 1.47. The van der Waals surface area contributed by atoms with E-state index < -0.39 is 0 Å². The first-order chi connectivity index (χ1) is 6.65. The second-order valence-corrected chi connectivity index (χ2v) is 3.65. The second-order valence-electron chi connectivity index (χ2n) is 2.86. The number of alkyl halides is 1. The van der Waals surface area contributed by atoms with Gasteiger partial charge in [-0.25, -0.2) is 0 Å². The summed E-state index contributed by atoms with van der Waals surface area (Å²) in [7, 11) is 1.70.